The van der Waals surface area contributed by atoms with Crippen LogP contribution in [0.2, 0.25) is 0 Å². The molecule has 1 heterocycles. The number of esters is 1. The fraction of sp³-hybridized carbons (Fsp3) is 0.267. The summed E-state index contributed by atoms with van der Waals surface area (Å²) >= 11 is 0. The van der Waals surface area contributed by atoms with Gasteiger partial charge in [0.25, 0.3) is 5.91 Å². The summed E-state index contributed by atoms with van der Waals surface area (Å²) < 4.78 is 5.37. The number of hydrogen-bond donors (Lipinski definition) is 2. The van der Waals surface area contributed by atoms with Crippen molar-refractivity contribution in [3.8, 4) is 0 Å². The molecule has 1 aromatic rings. The smallest absolute Gasteiger partial charge is 0.335 e. The van der Waals surface area contributed by atoms with Crippen molar-refractivity contribution >= 4 is 17.8 Å². The third-order valence-electron chi connectivity index (χ3n) is 3.02. The lowest BCUT2D eigenvalue weighted by Gasteiger charge is -2.23. The van der Waals surface area contributed by atoms with Crippen molar-refractivity contribution in [3.05, 3.63) is 47.5 Å². The summed E-state index contributed by atoms with van der Waals surface area (Å²) in [7, 11) is 0. The zero-order valence-electron chi connectivity index (χ0n) is 11.5. The van der Waals surface area contributed by atoms with Crippen molar-refractivity contribution in [2.75, 3.05) is 0 Å². The molecule has 0 unspecified atom stereocenters. The van der Waals surface area contributed by atoms with Gasteiger partial charge in [0.1, 0.15) is 6.10 Å². The van der Waals surface area contributed by atoms with Gasteiger partial charge in [-0.1, -0.05) is 30.3 Å². The molecule has 0 fully saturated rings. The monoisotopic (exact) mass is 288 g/mol. The maximum atomic E-state index is 12.1. The van der Waals surface area contributed by atoms with E-state index in [0.29, 0.717) is 0 Å². The molecule has 2 rings (SSSR count). The summed E-state index contributed by atoms with van der Waals surface area (Å²) in [5.41, 5.74) is 6.65. The zero-order valence-corrected chi connectivity index (χ0v) is 11.5. The summed E-state index contributed by atoms with van der Waals surface area (Å²) in [6.07, 6.45) is 0.262. The van der Waals surface area contributed by atoms with Crippen molar-refractivity contribution in [1.29, 1.82) is 0 Å². The second-order valence-corrected chi connectivity index (χ2v) is 4.85. The number of nitrogens with two attached hydrogens (primary N) is 1. The number of rotatable bonds is 4. The Kier molecular flexibility index (Phi) is 4.49. The molecule has 1 aromatic carbocycles. The molecule has 0 bridgehead atoms. The van der Waals surface area contributed by atoms with Crippen LogP contribution in [-0.2, 0) is 19.1 Å². The number of ether oxygens (including phenoxy) is 1. The van der Waals surface area contributed by atoms with E-state index in [1.807, 2.05) is 18.2 Å². The van der Waals surface area contributed by atoms with Gasteiger partial charge in [0.2, 0.25) is 5.91 Å². The Labute approximate surface area is 122 Å². The number of carbonyl (C=O) groups excluding carboxylic acids is 3. The average Bonchev–Trinajstić information content (AvgIpc) is 2.44. The van der Waals surface area contributed by atoms with E-state index in [9.17, 15) is 14.4 Å². The number of hydrogen-bond acceptors (Lipinski definition) is 5. The molecule has 2 amide bonds. The first-order valence-corrected chi connectivity index (χ1v) is 6.53. The van der Waals surface area contributed by atoms with Gasteiger partial charge in [-0.25, -0.2) is 4.79 Å². The lowest BCUT2D eigenvalue weighted by atomic mass is 10.0. The van der Waals surface area contributed by atoms with E-state index < -0.39 is 29.9 Å². The fourth-order valence-corrected chi connectivity index (χ4v) is 2.04. The van der Waals surface area contributed by atoms with Crippen molar-refractivity contribution in [3.63, 3.8) is 0 Å². The van der Waals surface area contributed by atoms with Crippen molar-refractivity contribution < 1.29 is 19.1 Å². The van der Waals surface area contributed by atoms with Gasteiger partial charge in [-0.15, -0.1) is 0 Å². The predicted octanol–water partition coefficient (Wildman–Crippen LogP) is 0.591. The SMILES string of the molecule is C[C@H](N)[C@@H](OC(=O)C1=CC(=O)NC(=O)C1)c1ccccc1. The van der Waals surface area contributed by atoms with Gasteiger partial charge < -0.3 is 10.5 Å². The molecule has 1 aliphatic rings. The lowest BCUT2D eigenvalue weighted by molar-refractivity contribution is -0.147. The number of amides is 2. The molecule has 21 heavy (non-hydrogen) atoms. The van der Waals surface area contributed by atoms with Crippen molar-refractivity contribution in [1.82, 2.24) is 5.32 Å². The van der Waals surface area contributed by atoms with Gasteiger partial charge in [-0.05, 0) is 12.5 Å². The van der Waals surface area contributed by atoms with Gasteiger partial charge in [-0.3, -0.25) is 14.9 Å². The van der Waals surface area contributed by atoms with Crippen LogP contribution in [0.15, 0.2) is 42.0 Å². The standard InChI is InChI=1S/C15H16N2O4/c1-9(16)14(10-5-3-2-4-6-10)21-15(20)11-7-12(18)17-13(19)8-11/h2-7,9,14H,8,16H2,1H3,(H,17,18,19)/t9-,14+/m0/s1. The van der Waals surface area contributed by atoms with Crippen LogP contribution in [0, 0.1) is 0 Å². The molecule has 0 saturated heterocycles. The van der Waals surface area contributed by atoms with Crippen LogP contribution >= 0.6 is 0 Å². The van der Waals surface area contributed by atoms with Gasteiger partial charge in [-0.2, -0.15) is 0 Å². The summed E-state index contributed by atoms with van der Waals surface area (Å²) in [6, 6.07) is 8.65. The molecule has 0 radical (unpaired) electrons. The van der Waals surface area contributed by atoms with Crippen LogP contribution in [0.3, 0.4) is 0 Å². The van der Waals surface area contributed by atoms with Crippen LogP contribution < -0.4 is 11.1 Å². The fourth-order valence-electron chi connectivity index (χ4n) is 2.04. The van der Waals surface area contributed by atoms with Crippen LogP contribution in [0.1, 0.15) is 25.0 Å². The van der Waals surface area contributed by atoms with Gasteiger partial charge in [0, 0.05) is 12.1 Å². The van der Waals surface area contributed by atoms with Crippen LogP contribution in [0.25, 0.3) is 0 Å². The number of imide groups is 1. The molecule has 0 aliphatic carbocycles. The minimum absolute atomic E-state index is 0.0327. The Bertz CT molecular complexity index is 593. The van der Waals surface area contributed by atoms with E-state index in [1.165, 1.54) is 0 Å². The quantitative estimate of drug-likeness (QED) is 0.624. The molecular weight excluding hydrogens is 272 g/mol. The molecule has 1 aliphatic heterocycles. The van der Waals surface area contributed by atoms with E-state index >= 15 is 0 Å². The minimum atomic E-state index is -0.704. The summed E-state index contributed by atoms with van der Waals surface area (Å²) in [6.45, 7) is 1.72. The number of carbonyl (C=O) groups is 3. The molecule has 6 nitrogen and oxygen atoms in total. The molecule has 2 atom stereocenters. The van der Waals surface area contributed by atoms with Gasteiger partial charge in [0.05, 0.1) is 12.0 Å². The molecule has 0 saturated carbocycles. The first-order chi connectivity index (χ1) is 9.97. The van der Waals surface area contributed by atoms with E-state index in [-0.39, 0.29) is 12.0 Å². The largest absolute Gasteiger partial charge is 0.452 e. The molecule has 3 N–H and O–H groups in total. The molecule has 110 valence electrons. The summed E-state index contributed by atoms with van der Waals surface area (Å²) in [4.78, 5) is 34.6. The van der Waals surface area contributed by atoms with Gasteiger partial charge in [0.15, 0.2) is 0 Å². The van der Waals surface area contributed by atoms with Gasteiger partial charge >= 0.3 is 5.97 Å². The average molecular weight is 288 g/mol. The molecular formula is C15H16N2O4. The first kappa shape index (κ1) is 14.9. The van der Waals surface area contributed by atoms with E-state index in [0.717, 1.165) is 11.6 Å². The number of nitrogens with one attached hydrogen (secondary N) is 1. The maximum absolute atomic E-state index is 12.1. The molecule has 0 spiro atoms. The third kappa shape index (κ3) is 3.76. The van der Waals surface area contributed by atoms with Crippen LogP contribution in [0.4, 0.5) is 0 Å². The Balaban J connectivity index is 2.16. The highest BCUT2D eigenvalue weighted by Gasteiger charge is 2.27. The van der Waals surface area contributed by atoms with E-state index in [2.05, 4.69) is 5.32 Å². The van der Waals surface area contributed by atoms with Crippen LogP contribution in [0.5, 0.6) is 0 Å². The Morgan fingerprint density at radius 1 is 1.29 bits per heavy atom. The van der Waals surface area contributed by atoms with Crippen molar-refractivity contribution in [2.24, 2.45) is 5.73 Å². The van der Waals surface area contributed by atoms with Crippen LogP contribution in [-0.4, -0.2) is 23.8 Å². The van der Waals surface area contributed by atoms with Crippen molar-refractivity contribution in [2.45, 2.75) is 25.5 Å². The highest BCUT2D eigenvalue weighted by atomic mass is 16.5. The minimum Gasteiger partial charge on any atom is -0.452 e. The Hall–Kier alpha value is -2.47. The summed E-state index contributed by atoms with van der Waals surface area (Å²) in [5, 5.41) is 2.09. The molecule has 0 aromatic heterocycles. The predicted molar refractivity (Wildman–Crippen MR) is 74.8 cm³/mol. The van der Waals surface area contributed by atoms with E-state index in [4.69, 9.17) is 10.5 Å². The highest BCUT2D eigenvalue weighted by molar-refractivity contribution is 6.11. The first-order valence-electron chi connectivity index (χ1n) is 6.53. The number of benzene rings is 1. The Morgan fingerprint density at radius 2 is 1.95 bits per heavy atom. The second-order valence-electron chi connectivity index (χ2n) is 4.85. The normalized spacial score (nSPS) is 17.5. The highest BCUT2D eigenvalue weighted by Crippen LogP contribution is 2.22. The zero-order chi connectivity index (χ0) is 15.4. The van der Waals surface area contributed by atoms with E-state index in [1.54, 1.807) is 19.1 Å². The topological polar surface area (TPSA) is 98.5 Å². The molecule has 6 heteroatoms. The lowest BCUT2D eigenvalue weighted by Crippen LogP contribution is -2.36. The summed E-state index contributed by atoms with van der Waals surface area (Å²) in [5.74, 6) is -1.84. The Morgan fingerprint density at radius 3 is 2.52 bits per heavy atom. The maximum Gasteiger partial charge on any atom is 0.335 e. The second kappa shape index (κ2) is 6.32. The third-order valence-corrected chi connectivity index (χ3v) is 3.02.